The van der Waals surface area contributed by atoms with E-state index in [1.54, 1.807) is 22.3 Å². The van der Waals surface area contributed by atoms with Crippen molar-refractivity contribution in [3.63, 3.8) is 0 Å². The lowest BCUT2D eigenvalue weighted by atomic mass is 9.69. The smallest absolute Gasteiger partial charge is 0.0101 e. The van der Waals surface area contributed by atoms with Crippen LogP contribution in [0.15, 0.2) is 6.07 Å². The first-order valence-corrected chi connectivity index (χ1v) is 8.82. The van der Waals surface area contributed by atoms with Gasteiger partial charge in [0.1, 0.15) is 0 Å². The molecule has 0 spiro atoms. The third kappa shape index (κ3) is 3.35. The second-order valence-electron chi connectivity index (χ2n) is 7.76. The summed E-state index contributed by atoms with van der Waals surface area (Å²) in [7, 11) is 0. The average Bonchev–Trinajstić information content (AvgIpc) is 2.45. The lowest BCUT2D eigenvalue weighted by Gasteiger charge is -2.36. The van der Waals surface area contributed by atoms with Crippen molar-refractivity contribution in [2.24, 2.45) is 0 Å². The van der Waals surface area contributed by atoms with Crippen molar-refractivity contribution in [2.45, 2.75) is 98.8 Å². The van der Waals surface area contributed by atoms with Crippen LogP contribution in [-0.2, 0) is 23.7 Å². The summed E-state index contributed by atoms with van der Waals surface area (Å²) in [5.41, 5.74) is 8.46. The molecule has 0 bridgehead atoms. The summed E-state index contributed by atoms with van der Waals surface area (Å²) in [6.45, 7) is 21.2. The van der Waals surface area contributed by atoms with Gasteiger partial charge in [-0.05, 0) is 71.3 Å². The van der Waals surface area contributed by atoms with Crippen LogP contribution in [0.1, 0.15) is 96.0 Å². The maximum absolute atomic E-state index is 2.47. The minimum absolute atomic E-state index is 0.264. The van der Waals surface area contributed by atoms with Crippen molar-refractivity contribution in [2.75, 3.05) is 0 Å². The van der Waals surface area contributed by atoms with Crippen molar-refractivity contribution in [3.05, 3.63) is 33.9 Å². The van der Waals surface area contributed by atoms with Crippen LogP contribution in [0.3, 0.4) is 0 Å². The molecule has 0 saturated heterocycles. The number of benzene rings is 1. The summed E-state index contributed by atoms with van der Waals surface area (Å²) < 4.78 is 0. The van der Waals surface area contributed by atoms with Gasteiger partial charge in [-0.2, -0.15) is 0 Å². The van der Waals surface area contributed by atoms with Crippen molar-refractivity contribution in [1.29, 1.82) is 0 Å². The van der Waals surface area contributed by atoms with E-state index in [9.17, 15) is 0 Å². The molecule has 0 fully saturated rings. The molecule has 120 valence electrons. The third-order valence-electron chi connectivity index (χ3n) is 5.57. The van der Waals surface area contributed by atoms with Gasteiger partial charge < -0.3 is 0 Å². The van der Waals surface area contributed by atoms with Crippen molar-refractivity contribution in [3.8, 4) is 0 Å². The Morgan fingerprint density at radius 2 is 1.24 bits per heavy atom. The van der Waals surface area contributed by atoms with Gasteiger partial charge in [0.2, 0.25) is 0 Å². The first-order chi connectivity index (χ1) is 9.66. The van der Waals surface area contributed by atoms with Crippen LogP contribution in [-0.4, -0.2) is 0 Å². The maximum Gasteiger partial charge on any atom is -0.0101 e. The largest absolute Gasteiger partial charge is 0.0646 e. The average molecular weight is 289 g/mol. The van der Waals surface area contributed by atoms with Crippen molar-refractivity contribution < 1.29 is 0 Å². The monoisotopic (exact) mass is 288 g/mol. The van der Waals surface area contributed by atoms with Crippen LogP contribution in [0.4, 0.5) is 0 Å². The van der Waals surface area contributed by atoms with E-state index >= 15 is 0 Å². The van der Waals surface area contributed by atoms with Crippen LogP contribution in [0.5, 0.6) is 0 Å². The lowest BCUT2D eigenvalue weighted by molar-refractivity contribution is 0.475. The van der Waals surface area contributed by atoms with Gasteiger partial charge in [0, 0.05) is 0 Å². The Morgan fingerprint density at radius 1 is 0.762 bits per heavy atom. The first kappa shape index (κ1) is 18.3. The second kappa shape index (κ2) is 6.55. The highest BCUT2D eigenvalue weighted by Gasteiger charge is 2.31. The summed E-state index contributed by atoms with van der Waals surface area (Å²) in [6.07, 6.45) is 4.67. The molecule has 0 saturated carbocycles. The summed E-state index contributed by atoms with van der Waals surface area (Å²) in [4.78, 5) is 0. The standard InChI is InChI=1S/C21H36/c1-10-16-14-15(5)18(20(6,7)12-3)17(11-2)19(16)21(8,9)13-4/h14H,10-13H2,1-9H3. The zero-order chi connectivity index (χ0) is 16.4. The molecule has 0 atom stereocenters. The van der Waals surface area contributed by atoms with Gasteiger partial charge in [0.05, 0.1) is 0 Å². The van der Waals surface area contributed by atoms with E-state index in [4.69, 9.17) is 0 Å². The molecule has 0 aliphatic carbocycles. The molecule has 0 heteroatoms. The molecule has 0 nitrogen and oxygen atoms in total. The highest BCUT2D eigenvalue weighted by molar-refractivity contribution is 5.52. The third-order valence-corrected chi connectivity index (χ3v) is 5.57. The maximum atomic E-state index is 2.47. The Bertz CT molecular complexity index is 489. The summed E-state index contributed by atoms with van der Waals surface area (Å²) in [6, 6.07) is 2.47. The van der Waals surface area contributed by atoms with Crippen LogP contribution in [0.25, 0.3) is 0 Å². The molecule has 1 aromatic rings. The SMILES string of the molecule is CCc1cc(C)c(C(C)(C)CC)c(CC)c1C(C)(C)CC. The molecule has 0 aliphatic rings. The summed E-state index contributed by atoms with van der Waals surface area (Å²) in [5, 5.41) is 0. The van der Waals surface area contributed by atoms with E-state index in [2.05, 4.69) is 68.4 Å². The van der Waals surface area contributed by atoms with Crippen LogP contribution in [0, 0.1) is 6.92 Å². The van der Waals surface area contributed by atoms with Gasteiger partial charge in [0.15, 0.2) is 0 Å². The predicted octanol–water partition coefficient (Wildman–Crippen LogP) is 6.50. The Balaban J connectivity index is 3.82. The van der Waals surface area contributed by atoms with E-state index in [1.165, 1.54) is 18.4 Å². The Morgan fingerprint density at radius 3 is 1.62 bits per heavy atom. The van der Waals surface area contributed by atoms with Crippen LogP contribution in [0.2, 0.25) is 0 Å². The molecular weight excluding hydrogens is 252 g/mol. The molecule has 0 unspecified atom stereocenters. The Labute approximate surface area is 133 Å². The molecule has 0 radical (unpaired) electrons. The second-order valence-corrected chi connectivity index (χ2v) is 7.76. The van der Waals surface area contributed by atoms with Crippen molar-refractivity contribution >= 4 is 0 Å². The Kier molecular flexibility index (Phi) is 5.69. The highest BCUT2D eigenvalue weighted by Crippen LogP contribution is 2.41. The van der Waals surface area contributed by atoms with E-state index < -0.39 is 0 Å². The number of hydrogen-bond donors (Lipinski definition) is 0. The van der Waals surface area contributed by atoms with E-state index in [0.717, 1.165) is 12.8 Å². The van der Waals surface area contributed by atoms with Gasteiger partial charge >= 0.3 is 0 Å². The molecule has 0 aliphatic heterocycles. The minimum atomic E-state index is 0.264. The highest BCUT2D eigenvalue weighted by atomic mass is 14.4. The van der Waals surface area contributed by atoms with Crippen molar-refractivity contribution in [1.82, 2.24) is 0 Å². The predicted molar refractivity (Wildman–Crippen MR) is 96.6 cm³/mol. The normalized spacial score (nSPS) is 12.8. The molecule has 1 rings (SSSR count). The molecule has 0 amide bonds. The number of aryl methyl sites for hydroxylation is 2. The molecule has 0 heterocycles. The summed E-state index contributed by atoms with van der Waals surface area (Å²) in [5.74, 6) is 0. The zero-order valence-corrected chi connectivity index (χ0v) is 15.9. The minimum Gasteiger partial charge on any atom is -0.0646 e. The fourth-order valence-electron chi connectivity index (χ4n) is 3.73. The molecule has 0 aromatic heterocycles. The first-order valence-electron chi connectivity index (χ1n) is 8.82. The molecular formula is C21H36. The van der Waals surface area contributed by atoms with E-state index in [1.807, 2.05) is 0 Å². The van der Waals surface area contributed by atoms with Gasteiger partial charge in [0.25, 0.3) is 0 Å². The number of rotatable bonds is 6. The zero-order valence-electron chi connectivity index (χ0n) is 15.9. The lowest BCUT2D eigenvalue weighted by Crippen LogP contribution is -2.27. The summed E-state index contributed by atoms with van der Waals surface area (Å²) >= 11 is 0. The molecule has 1 aromatic carbocycles. The fraction of sp³-hybridized carbons (Fsp3) is 0.714. The van der Waals surface area contributed by atoms with Crippen LogP contribution >= 0.6 is 0 Å². The van der Waals surface area contributed by atoms with Gasteiger partial charge in [-0.15, -0.1) is 0 Å². The Hall–Kier alpha value is -0.780. The topological polar surface area (TPSA) is 0 Å². The van der Waals surface area contributed by atoms with Crippen LogP contribution < -0.4 is 0 Å². The molecule has 0 N–H and O–H groups in total. The fourth-order valence-corrected chi connectivity index (χ4v) is 3.73. The van der Waals surface area contributed by atoms with Gasteiger partial charge in [-0.3, -0.25) is 0 Å². The quantitative estimate of drug-likeness (QED) is 0.561. The van der Waals surface area contributed by atoms with E-state index in [-0.39, 0.29) is 10.8 Å². The van der Waals surface area contributed by atoms with Gasteiger partial charge in [-0.25, -0.2) is 0 Å². The van der Waals surface area contributed by atoms with E-state index in [0.29, 0.717) is 0 Å². The number of hydrogen-bond acceptors (Lipinski definition) is 0. The molecule has 21 heavy (non-hydrogen) atoms. The van der Waals surface area contributed by atoms with Gasteiger partial charge in [-0.1, -0.05) is 61.5 Å².